The Bertz CT molecular complexity index is 465. The van der Waals surface area contributed by atoms with E-state index in [2.05, 4.69) is 5.16 Å². The summed E-state index contributed by atoms with van der Waals surface area (Å²) in [5.41, 5.74) is 0.871. The summed E-state index contributed by atoms with van der Waals surface area (Å²) in [4.78, 5) is 0. The lowest BCUT2D eigenvalue weighted by Gasteiger charge is -1.97. The zero-order chi connectivity index (χ0) is 10.1. The number of rotatable bonds is 1. The molecule has 1 aromatic carbocycles. The van der Waals surface area contributed by atoms with E-state index in [0.717, 1.165) is 6.07 Å². The Hall–Kier alpha value is -1.71. The zero-order valence-corrected chi connectivity index (χ0v) is 7.42. The van der Waals surface area contributed by atoms with Crippen molar-refractivity contribution >= 4 is 0 Å². The molecular weight excluding hydrogens is 188 g/mol. The molecule has 0 saturated heterocycles. The number of hydrogen-bond donors (Lipinski definition) is 0. The first-order chi connectivity index (χ1) is 6.66. The first-order valence-corrected chi connectivity index (χ1v) is 4.05. The zero-order valence-electron chi connectivity index (χ0n) is 7.42. The van der Waals surface area contributed by atoms with Crippen molar-refractivity contribution in [3.8, 4) is 11.3 Å². The molecule has 72 valence electrons. The summed E-state index contributed by atoms with van der Waals surface area (Å²) in [6, 6.07) is 4.91. The number of aryl methyl sites for hydroxylation is 1. The Kier molecular flexibility index (Phi) is 2.04. The van der Waals surface area contributed by atoms with Gasteiger partial charge in [0.05, 0.1) is 11.3 Å². The molecule has 0 spiro atoms. The van der Waals surface area contributed by atoms with E-state index in [9.17, 15) is 8.78 Å². The number of benzene rings is 1. The van der Waals surface area contributed by atoms with Crippen LogP contribution in [-0.2, 0) is 0 Å². The predicted octanol–water partition coefficient (Wildman–Crippen LogP) is 2.93. The molecule has 0 aliphatic carbocycles. The van der Waals surface area contributed by atoms with Gasteiger partial charge in [0.15, 0.2) is 5.76 Å². The standard InChI is InChI=1S/C10H7F2NO/c1-6-4-10(14-13-6)8-3-2-7(11)5-9(8)12/h2-5H,1H3. The average Bonchev–Trinajstić information content (AvgIpc) is 2.51. The van der Waals surface area contributed by atoms with Crippen LogP contribution in [0, 0.1) is 18.6 Å². The second-order valence-corrected chi connectivity index (χ2v) is 2.96. The van der Waals surface area contributed by atoms with Crippen LogP contribution in [0.4, 0.5) is 8.78 Å². The summed E-state index contributed by atoms with van der Waals surface area (Å²) >= 11 is 0. The molecule has 2 aromatic rings. The van der Waals surface area contributed by atoms with E-state index in [0.29, 0.717) is 11.5 Å². The molecule has 0 bridgehead atoms. The summed E-state index contributed by atoms with van der Waals surface area (Å²) in [7, 11) is 0. The van der Waals surface area contributed by atoms with Crippen molar-refractivity contribution in [3.05, 3.63) is 41.6 Å². The summed E-state index contributed by atoms with van der Waals surface area (Å²) in [6.07, 6.45) is 0. The van der Waals surface area contributed by atoms with Crippen LogP contribution in [0.25, 0.3) is 11.3 Å². The monoisotopic (exact) mass is 195 g/mol. The second-order valence-electron chi connectivity index (χ2n) is 2.96. The van der Waals surface area contributed by atoms with E-state index >= 15 is 0 Å². The van der Waals surface area contributed by atoms with Crippen LogP contribution >= 0.6 is 0 Å². The van der Waals surface area contributed by atoms with Crippen LogP contribution in [0.5, 0.6) is 0 Å². The SMILES string of the molecule is Cc1cc(-c2ccc(F)cc2F)on1. The number of nitrogens with zero attached hydrogens (tertiary/aromatic N) is 1. The fourth-order valence-electron chi connectivity index (χ4n) is 1.18. The summed E-state index contributed by atoms with van der Waals surface area (Å²) in [5.74, 6) is -0.955. The molecule has 0 aliphatic rings. The molecular formula is C10H7F2NO. The van der Waals surface area contributed by atoms with Gasteiger partial charge in [-0.2, -0.15) is 0 Å². The van der Waals surface area contributed by atoms with Gasteiger partial charge in [-0.1, -0.05) is 5.16 Å². The Morgan fingerprint density at radius 2 is 2.00 bits per heavy atom. The maximum Gasteiger partial charge on any atom is 0.170 e. The fraction of sp³-hybridized carbons (Fsp3) is 0.100. The molecule has 0 unspecified atom stereocenters. The van der Waals surface area contributed by atoms with Gasteiger partial charge >= 0.3 is 0 Å². The smallest absolute Gasteiger partial charge is 0.170 e. The molecule has 0 fully saturated rings. The van der Waals surface area contributed by atoms with Gasteiger partial charge < -0.3 is 4.52 Å². The largest absolute Gasteiger partial charge is 0.356 e. The average molecular weight is 195 g/mol. The molecule has 4 heteroatoms. The fourth-order valence-corrected chi connectivity index (χ4v) is 1.18. The highest BCUT2D eigenvalue weighted by molar-refractivity contribution is 5.57. The van der Waals surface area contributed by atoms with Crippen molar-refractivity contribution in [1.29, 1.82) is 0 Å². The first kappa shape index (κ1) is 8.87. The minimum Gasteiger partial charge on any atom is -0.356 e. The highest BCUT2D eigenvalue weighted by atomic mass is 19.1. The normalized spacial score (nSPS) is 10.5. The highest BCUT2D eigenvalue weighted by Crippen LogP contribution is 2.23. The molecule has 1 aromatic heterocycles. The summed E-state index contributed by atoms with van der Waals surface area (Å²) in [5, 5.41) is 3.62. The van der Waals surface area contributed by atoms with Crippen LogP contribution in [0.3, 0.4) is 0 Å². The van der Waals surface area contributed by atoms with Gasteiger partial charge in [0.2, 0.25) is 0 Å². The van der Waals surface area contributed by atoms with Crippen molar-refractivity contribution in [3.63, 3.8) is 0 Å². The van der Waals surface area contributed by atoms with Crippen LogP contribution in [0.2, 0.25) is 0 Å². The predicted molar refractivity (Wildman–Crippen MR) is 46.6 cm³/mol. The van der Waals surface area contributed by atoms with Gasteiger partial charge in [0.1, 0.15) is 11.6 Å². The van der Waals surface area contributed by atoms with Crippen molar-refractivity contribution in [1.82, 2.24) is 5.16 Å². The molecule has 0 N–H and O–H groups in total. The Labute approximate surface area is 79.1 Å². The number of aromatic nitrogens is 1. The van der Waals surface area contributed by atoms with E-state index in [1.807, 2.05) is 0 Å². The van der Waals surface area contributed by atoms with E-state index in [-0.39, 0.29) is 5.56 Å². The third kappa shape index (κ3) is 1.51. The van der Waals surface area contributed by atoms with Gasteiger partial charge in [0.25, 0.3) is 0 Å². The Morgan fingerprint density at radius 1 is 1.21 bits per heavy atom. The van der Waals surface area contributed by atoms with E-state index in [1.165, 1.54) is 12.1 Å². The molecule has 2 rings (SSSR count). The summed E-state index contributed by atoms with van der Waals surface area (Å²) < 4.78 is 30.7. The van der Waals surface area contributed by atoms with Crippen LogP contribution in [0.1, 0.15) is 5.69 Å². The van der Waals surface area contributed by atoms with Crippen LogP contribution in [-0.4, -0.2) is 5.16 Å². The van der Waals surface area contributed by atoms with Gasteiger partial charge in [0, 0.05) is 12.1 Å². The molecule has 0 saturated carbocycles. The Morgan fingerprint density at radius 3 is 2.57 bits per heavy atom. The van der Waals surface area contributed by atoms with E-state index in [1.54, 1.807) is 13.0 Å². The van der Waals surface area contributed by atoms with Gasteiger partial charge in [-0.15, -0.1) is 0 Å². The molecule has 1 heterocycles. The van der Waals surface area contributed by atoms with Crippen molar-refractivity contribution in [2.75, 3.05) is 0 Å². The van der Waals surface area contributed by atoms with Gasteiger partial charge in [-0.3, -0.25) is 0 Å². The lowest BCUT2D eigenvalue weighted by Crippen LogP contribution is -1.84. The minimum absolute atomic E-state index is 0.215. The third-order valence-corrected chi connectivity index (χ3v) is 1.82. The first-order valence-electron chi connectivity index (χ1n) is 4.05. The molecule has 2 nitrogen and oxygen atoms in total. The van der Waals surface area contributed by atoms with Crippen molar-refractivity contribution in [2.24, 2.45) is 0 Å². The Balaban J connectivity index is 2.52. The summed E-state index contributed by atoms with van der Waals surface area (Å²) in [6.45, 7) is 1.73. The van der Waals surface area contributed by atoms with E-state index in [4.69, 9.17) is 4.52 Å². The van der Waals surface area contributed by atoms with Crippen LogP contribution < -0.4 is 0 Å². The maximum atomic E-state index is 13.2. The minimum atomic E-state index is -0.652. The molecule has 14 heavy (non-hydrogen) atoms. The second kappa shape index (κ2) is 3.21. The highest BCUT2D eigenvalue weighted by Gasteiger charge is 2.10. The van der Waals surface area contributed by atoms with E-state index < -0.39 is 11.6 Å². The van der Waals surface area contributed by atoms with Gasteiger partial charge in [-0.05, 0) is 19.1 Å². The lowest BCUT2D eigenvalue weighted by atomic mass is 10.1. The maximum absolute atomic E-state index is 13.2. The van der Waals surface area contributed by atoms with Crippen molar-refractivity contribution in [2.45, 2.75) is 6.92 Å². The molecule has 0 amide bonds. The number of hydrogen-bond acceptors (Lipinski definition) is 2. The topological polar surface area (TPSA) is 26.0 Å². The lowest BCUT2D eigenvalue weighted by molar-refractivity contribution is 0.424. The quantitative estimate of drug-likeness (QED) is 0.699. The molecule has 0 radical (unpaired) electrons. The number of halogens is 2. The molecule has 0 aliphatic heterocycles. The van der Waals surface area contributed by atoms with Gasteiger partial charge in [-0.25, -0.2) is 8.78 Å². The molecule has 0 atom stereocenters. The van der Waals surface area contributed by atoms with Crippen LogP contribution in [0.15, 0.2) is 28.8 Å². The third-order valence-electron chi connectivity index (χ3n) is 1.82. The van der Waals surface area contributed by atoms with Crippen molar-refractivity contribution < 1.29 is 13.3 Å².